The first kappa shape index (κ1) is 14.9. The monoisotopic (exact) mass is 331 g/mol. The Morgan fingerprint density at radius 1 is 1.35 bits per heavy atom. The number of carboxylic acid groups (broad SMARTS) is 1. The van der Waals surface area contributed by atoms with Crippen molar-refractivity contribution < 1.29 is 14.7 Å². The molecule has 0 aliphatic carbocycles. The quantitative estimate of drug-likeness (QED) is 0.633. The topological polar surface area (TPSA) is 113 Å². The number of thiophene rings is 1. The molecule has 9 heteroatoms. The molecule has 0 unspecified atom stereocenters. The van der Waals surface area contributed by atoms with Crippen LogP contribution in [0.3, 0.4) is 0 Å². The predicted octanol–water partition coefficient (Wildman–Crippen LogP) is 1.99. The van der Waals surface area contributed by atoms with Crippen LogP contribution in [0.25, 0.3) is 10.2 Å². The number of para-hydroxylation sites is 1. The SMILES string of the molecule is CN(NC(=O)c1cc2c(N)nn(C(=O)O)c2s1)c1ccccc1. The van der Waals surface area contributed by atoms with Crippen molar-refractivity contribution in [2.45, 2.75) is 0 Å². The molecule has 0 aliphatic rings. The Bertz CT molecular complexity index is 887. The standard InChI is InChI=1S/C14H13N5O3S/c1-18(8-5-3-2-4-6-8)17-12(20)10-7-9-11(15)16-19(14(21)22)13(9)23-10/h2-7H,1H3,(H2,15,16)(H,17,20)(H,21,22). The highest BCUT2D eigenvalue weighted by atomic mass is 32.1. The number of nitrogens with one attached hydrogen (secondary N) is 1. The molecule has 23 heavy (non-hydrogen) atoms. The van der Waals surface area contributed by atoms with Crippen molar-refractivity contribution in [2.75, 3.05) is 17.8 Å². The van der Waals surface area contributed by atoms with E-state index in [1.165, 1.54) is 6.07 Å². The minimum Gasteiger partial charge on any atom is -0.463 e. The molecular formula is C14H13N5O3S. The van der Waals surface area contributed by atoms with Crippen LogP contribution in [0.5, 0.6) is 0 Å². The summed E-state index contributed by atoms with van der Waals surface area (Å²) in [5.74, 6) is -0.275. The van der Waals surface area contributed by atoms with E-state index in [-0.39, 0.29) is 11.7 Å². The summed E-state index contributed by atoms with van der Waals surface area (Å²) in [5.41, 5.74) is 9.23. The van der Waals surface area contributed by atoms with E-state index in [4.69, 9.17) is 10.8 Å². The third-order valence-electron chi connectivity index (χ3n) is 3.21. The fourth-order valence-electron chi connectivity index (χ4n) is 2.09. The van der Waals surface area contributed by atoms with Gasteiger partial charge in [0.2, 0.25) is 0 Å². The molecule has 1 aromatic carbocycles. The molecule has 1 amide bonds. The Labute approximate surface area is 134 Å². The van der Waals surface area contributed by atoms with Crippen LogP contribution >= 0.6 is 11.3 Å². The molecule has 0 spiro atoms. The largest absolute Gasteiger partial charge is 0.463 e. The number of benzene rings is 1. The number of carbonyl (C=O) groups is 2. The molecule has 0 saturated heterocycles. The fraction of sp³-hybridized carbons (Fsp3) is 0.0714. The van der Waals surface area contributed by atoms with Gasteiger partial charge in [0, 0.05) is 7.05 Å². The summed E-state index contributed by atoms with van der Waals surface area (Å²) in [4.78, 5) is 24.1. The van der Waals surface area contributed by atoms with E-state index < -0.39 is 6.09 Å². The number of fused-ring (bicyclic) bond motifs is 1. The number of rotatable bonds is 3. The first-order chi connectivity index (χ1) is 11.0. The summed E-state index contributed by atoms with van der Waals surface area (Å²) in [6.45, 7) is 0. The number of nitrogens with zero attached hydrogens (tertiary/aromatic N) is 3. The maximum absolute atomic E-state index is 12.3. The Kier molecular flexibility index (Phi) is 3.62. The van der Waals surface area contributed by atoms with Crippen molar-refractivity contribution >= 4 is 45.1 Å². The van der Waals surface area contributed by atoms with Gasteiger partial charge in [-0.2, -0.15) is 4.68 Å². The van der Waals surface area contributed by atoms with Crippen LogP contribution in [0.2, 0.25) is 0 Å². The zero-order chi connectivity index (χ0) is 16.6. The summed E-state index contributed by atoms with van der Waals surface area (Å²) in [6, 6.07) is 10.8. The number of hydrogen-bond acceptors (Lipinski definition) is 6. The number of amides is 1. The highest BCUT2D eigenvalue weighted by molar-refractivity contribution is 7.20. The Hall–Kier alpha value is -3.07. The number of nitrogens with two attached hydrogens (primary N) is 1. The van der Waals surface area contributed by atoms with Crippen LogP contribution in [0, 0.1) is 0 Å². The van der Waals surface area contributed by atoms with Gasteiger partial charge < -0.3 is 10.8 Å². The lowest BCUT2D eigenvalue weighted by atomic mass is 10.3. The molecule has 8 nitrogen and oxygen atoms in total. The van der Waals surface area contributed by atoms with Gasteiger partial charge in [0.05, 0.1) is 16.0 Å². The zero-order valence-electron chi connectivity index (χ0n) is 12.1. The van der Waals surface area contributed by atoms with Gasteiger partial charge >= 0.3 is 6.09 Å². The van der Waals surface area contributed by atoms with Gasteiger partial charge in [-0.05, 0) is 18.2 Å². The molecule has 0 bridgehead atoms. The maximum Gasteiger partial charge on any atom is 0.433 e. The van der Waals surface area contributed by atoms with Gasteiger partial charge in [-0.15, -0.1) is 16.4 Å². The van der Waals surface area contributed by atoms with Crippen LogP contribution in [-0.4, -0.2) is 33.9 Å². The molecule has 0 aliphatic heterocycles. The third kappa shape index (κ3) is 2.69. The molecule has 0 radical (unpaired) electrons. The molecule has 0 saturated carbocycles. The normalized spacial score (nSPS) is 10.7. The second kappa shape index (κ2) is 5.61. The average molecular weight is 331 g/mol. The molecule has 4 N–H and O–H groups in total. The Morgan fingerprint density at radius 3 is 2.70 bits per heavy atom. The van der Waals surface area contributed by atoms with E-state index >= 15 is 0 Å². The second-order valence-corrected chi connectivity index (χ2v) is 5.78. The van der Waals surface area contributed by atoms with Crippen LogP contribution in [0.1, 0.15) is 9.67 Å². The number of hydrazine groups is 1. The molecule has 0 atom stereocenters. The fourth-order valence-corrected chi connectivity index (χ4v) is 3.10. The highest BCUT2D eigenvalue weighted by Crippen LogP contribution is 2.29. The summed E-state index contributed by atoms with van der Waals surface area (Å²) >= 11 is 1.02. The maximum atomic E-state index is 12.3. The van der Waals surface area contributed by atoms with Crippen molar-refractivity contribution in [1.29, 1.82) is 0 Å². The number of nitrogen functional groups attached to an aromatic ring is 1. The Balaban J connectivity index is 1.87. The average Bonchev–Trinajstić information content (AvgIpc) is 3.09. The van der Waals surface area contributed by atoms with Crippen LogP contribution in [-0.2, 0) is 0 Å². The number of hydrogen-bond donors (Lipinski definition) is 3. The van der Waals surface area contributed by atoms with E-state index in [9.17, 15) is 9.59 Å². The lowest BCUT2D eigenvalue weighted by molar-refractivity contribution is 0.0955. The summed E-state index contributed by atoms with van der Waals surface area (Å²) in [5, 5.41) is 14.8. The van der Waals surface area contributed by atoms with Crippen molar-refractivity contribution in [3.8, 4) is 0 Å². The van der Waals surface area contributed by atoms with E-state index in [1.54, 1.807) is 12.1 Å². The van der Waals surface area contributed by atoms with Crippen LogP contribution < -0.4 is 16.2 Å². The lowest BCUT2D eigenvalue weighted by Gasteiger charge is -2.19. The lowest BCUT2D eigenvalue weighted by Crippen LogP contribution is -2.38. The highest BCUT2D eigenvalue weighted by Gasteiger charge is 2.20. The van der Waals surface area contributed by atoms with Crippen LogP contribution in [0.15, 0.2) is 36.4 Å². The minimum absolute atomic E-state index is 0.0779. The molecule has 3 aromatic rings. The molecule has 0 fully saturated rings. The summed E-state index contributed by atoms with van der Waals surface area (Å²) in [7, 11) is 1.72. The number of carbonyl (C=O) groups excluding carboxylic acids is 1. The molecule has 2 heterocycles. The van der Waals surface area contributed by atoms with Gasteiger partial charge in [-0.3, -0.25) is 15.2 Å². The van der Waals surface area contributed by atoms with Gasteiger partial charge in [0.15, 0.2) is 5.82 Å². The van der Waals surface area contributed by atoms with E-state index in [0.717, 1.165) is 21.7 Å². The second-order valence-electron chi connectivity index (χ2n) is 4.74. The molecule has 118 valence electrons. The zero-order valence-corrected chi connectivity index (χ0v) is 12.9. The molecule has 3 rings (SSSR count). The smallest absolute Gasteiger partial charge is 0.433 e. The third-order valence-corrected chi connectivity index (χ3v) is 4.32. The summed E-state index contributed by atoms with van der Waals surface area (Å²) in [6.07, 6.45) is -1.25. The van der Waals surface area contributed by atoms with Crippen molar-refractivity contribution in [3.63, 3.8) is 0 Å². The van der Waals surface area contributed by atoms with Gasteiger partial charge in [-0.25, -0.2) is 4.79 Å². The number of aromatic nitrogens is 2. The van der Waals surface area contributed by atoms with Gasteiger partial charge in [-0.1, -0.05) is 18.2 Å². The summed E-state index contributed by atoms with van der Waals surface area (Å²) < 4.78 is 0.771. The van der Waals surface area contributed by atoms with E-state index in [0.29, 0.717) is 15.1 Å². The van der Waals surface area contributed by atoms with Crippen molar-refractivity contribution in [1.82, 2.24) is 15.2 Å². The minimum atomic E-state index is -1.25. The molecular weight excluding hydrogens is 318 g/mol. The first-order valence-corrected chi connectivity index (χ1v) is 7.40. The van der Waals surface area contributed by atoms with Gasteiger partial charge in [0.1, 0.15) is 4.83 Å². The van der Waals surface area contributed by atoms with Crippen molar-refractivity contribution in [2.24, 2.45) is 0 Å². The molecule has 2 aromatic heterocycles. The predicted molar refractivity (Wildman–Crippen MR) is 87.8 cm³/mol. The van der Waals surface area contributed by atoms with E-state index in [1.807, 2.05) is 30.3 Å². The number of anilines is 2. The van der Waals surface area contributed by atoms with Crippen LogP contribution in [0.4, 0.5) is 16.3 Å². The van der Waals surface area contributed by atoms with Crippen molar-refractivity contribution in [3.05, 3.63) is 41.3 Å². The van der Waals surface area contributed by atoms with E-state index in [2.05, 4.69) is 10.5 Å². The Morgan fingerprint density at radius 2 is 2.04 bits per heavy atom. The van der Waals surface area contributed by atoms with Gasteiger partial charge in [0.25, 0.3) is 5.91 Å². The first-order valence-electron chi connectivity index (χ1n) is 6.58.